The summed E-state index contributed by atoms with van der Waals surface area (Å²) in [6.45, 7) is 0. The molecule has 0 fully saturated rings. The van der Waals surface area contributed by atoms with Crippen molar-refractivity contribution in [3.8, 4) is 34.3 Å². The number of nitrogens with two attached hydrogens (primary N) is 1. The Labute approximate surface area is 128 Å². The Morgan fingerprint density at radius 2 is 1.90 bits per heavy atom. The standard InChI is InChI=1S/C14H10BrN3O3/c15-9-3-1-2-8(12(9)16)14-17-13(18-21-14)7-4-5-10(19)11(20)6-7/h1-6,19-20H,16H2. The van der Waals surface area contributed by atoms with E-state index in [1.54, 1.807) is 12.1 Å². The Morgan fingerprint density at radius 3 is 2.67 bits per heavy atom. The minimum Gasteiger partial charge on any atom is -0.504 e. The zero-order chi connectivity index (χ0) is 15.0. The van der Waals surface area contributed by atoms with Crippen LogP contribution in [0.5, 0.6) is 11.5 Å². The number of hydrogen-bond donors (Lipinski definition) is 3. The fraction of sp³-hybridized carbons (Fsp3) is 0. The van der Waals surface area contributed by atoms with Gasteiger partial charge in [-0.05, 0) is 46.3 Å². The van der Waals surface area contributed by atoms with Crippen molar-refractivity contribution in [1.29, 1.82) is 0 Å². The van der Waals surface area contributed by atoms with E-state index in [2.05, 4.69) is 26.1 Å². The van der Waals surface area contributed by atoms with Crippen LogP contribution in [0, 0.1) is 0 Å². The molecule has 2 aromatic carbocycles. The van der Waals surface area contributed by atoms with Crippen LogP contribution < -0.4 is 5.73 Å². The van der Waals surface area contributed by atoms with E-state index in [0.29, 0.717) is 22.6 Å². The van der Waals surface area contributed by atoms with E-state index in [4.69, 9.17) is 10.3 Å². The third kappa shape index (κ3) is 2.43. The van der Waals surface area contributed by atoms with Gasteiger partial charge in [0.1, 0.15) is 0 Å². The van der Waals surface area contributed by atoms with Gasteiger partial charge in [0.15, 0.2) is 11.5 Å². The lowest BCUT2D eigenvalue weighted by molar-refractivity contribution is 0.404. The molecule has 3 aromatic rings. The number of nitrogens with zero attached hydrogens (tertiary/aromatic N) is 2. The number of halogens is 1. The summed E-state index contributed by atoms with van der Waals surface area (Å²) in [7, 11) is 0. The number of phenolic OH excluding ortho intramolecular Hbond substituents is 2. The first-order valence-corrected chi connectivity index (χ1v) is 6.76. The molecular weight excluding hydrogens is 338 g/mol. The third-order valence-electron chi connectivity index (χ3n) is 2.94. The summed E-state index contributed by atoms with van der Waals surface area (Å²) in [5, 5.41) is 22.7. The predicted octanol–water partition coefficient (Wildman–Crippen LogP) is 3.16. The Morgan fingerprint density at radius 1 is 1.10 bits per heavy atom. The Bertz CT molecular complexity index is 817. The molecule has 3 rings (SSSR count). The van der Waals surface area contributed by atoms with E-state index < -0.39 is 0 Å². The lowest BCUT2D eigenvalue weighted by Crippen LogP contribution is -1.91. The first kappa shape index (κ1) is 13.4. The largest absolute Gasteiger partial charge is 0.504 e. The number of rotatable bonds is 2. The minimum atomic E-state index is -0.249. The normalized spacial score (nSPS) is 10.7. The van der Waals surface area contributed by atoms with Crippen LogP contribution in [0.4, 0.5) is 5.69 Å². The van der Waals surface area contributed by atoms with Crippen molar-refractivity contribution in [3.05, 3.63) is 40.9 Å². The van der Waals surface area contributed by atoms with Gasteiger partial charge in [-0.15, -0.1) is 0 Å². The number of hydrogen-bond acceptors (Lipinski definition) is 6. The van der Waals surface area contributed by atoms with Gasteiger partial charge in [0.05, 0.1) is 11.3 Å². The molecule has 0 unspecified atom stereocenters. The molecule has 0 bridgehead atoms. The molecule has 0 amide bonds. The van der Waals surface area contributed by atoms with Crippen molar-refractivity contribution in [2.45, 2.75) is 0 Å². The average molecular weight is 348 g/mol. The van der Waals surface area contributed by atoms with Crippen LogP contribution in [0.1, 0.15) is 0 Å². The van der Waals surface area contributed by atoms with Crippen LogP contribution in [-0.4, -0.2) is 20.4 Å². The quantitative estimate of drug-likeness (QED) is 0.485. The van der Waals surface area contributed by atoms with Gasteiger partial charge >= 0.3 is 0 Å². The number of aromatic nitrogens is 2. The molecule has 0 saturated carbocycles. The summed E-state index contributed by atoms with van der Waals surface area (Å²) in [5.74, 6) is 0.107. The summed E-state index contributed by atoms with van der Waals surface area (Å²) in [6, 6.07) is 9.68. The van der Waals surface area contributed by atoms with Crippen LogP contribution in [-0.2, 0) is 0 Å². The molecular formula is C14H10BrN3O3. The second kappa shape index (κ2) is 5.10. The van der Waals surface area contributed by atoms with Crippen LogP contribution in [0.15, 0.2) is 45.4 Å². The van der Waals surface area contributed by atoms with Gasteiger partial charge in [0.25, 0.3) is 5.89 Å². The molecule has 0 aliphatic carbocycles. The van der Waals surface area contributed by atoms with E-state index in [1.807, 2.05) is 12.1 Å². The highest BCUT2D eigenvalue weighted by atomic mass is 79.9. The van der Waals surface area contributed by atoms with Gasteiger partial charge in [0, 0.05) is 10.0 Å². The Kier molecular flexibility index (Phi) is 3.26. The predicted molar refractivity (Wildman–Crippen MR) is 80.6 cm³/mol. The second-order valence-corrected chi connectivity index (χ2v) is 5.18. The monoisotopic (exact) mass is 347 g/mol. The maximum absolute atomic E-state index is 9.50. The van der Waals surface area contributed by atoms with Gasteiger partial charge in [-0.2, -0.15) is 4.98 Å². The van der Waals surface area contributed by atoms with Crippen LogP contribution in [0.3, 0.4) is 0 Å². The van der Waals surface area contributed by atoms with Crippen molar-refractivity contribution in [3.63, 3.8) is 0 Å². The average Bonchev–Trinajstić information content (AvgIpc) is 2.94. The number of phenols is 2. The summed E-state index contributed by atoms with van der Waals surface area (Å²) < 4.78 is 5.94. The minimum absolute atomic E-state index is 0.210. The smallest absolute Gasteiger partial charge is 0.260 e. The number of anilines is 1. The molecule has 1 aromatic heterocycles. The fourth-order valence-electron chi connectivity index (χ4n) is 1.84. The molecule has 0 spiro atoms. The lowest BCUT2D eigenvalue weighted by Gasteiger charge is -2.01. The Hall–Kier alpha value is -2.54. The van der Waals surface area contributed by atoms with Gasteiger partial charge in [-0.1, -0.05) is 11.2 Å². The van der Waals surface area contributed by atoms with Gasteiger partial charge < -0.3 is 20.5 Å². The van der Waals surface area contributed by atoms with Gasteiger partial charge in [-0.3, -0.25) is 0 Å². The van der Waals surface area contributed by atoms with E-state index in [0.717, 1.165) is 4.47 Å². The number of nitrogen functional groups attached to an aromatic ring is 1. The van der Waals surface area contributed by atoms with Gasteiger partial charge in [0.2, 0.25) is 5.82 Å². The maximum Gasteiger partial charge on any atom is 0.260 e. The van der Waals surface area contributed by atoms with Crippen LogP contribution in [0.25, 0.3) is 22.8 Å². The van der Waals surface area contributed by atoms with Crippen molar-refractivity contribution in [2.24, 2.45) is 0 Å². The van der Waals surface area contributed by atoms with Crippen molar-refractivity contribution in [1.82, 2.24) is 10.1 Å². The summed E-state index contributed by atoms with van der Waals surface area (Å²) >= 11 is 3.34. The van der Waals surface area contributed by atoms with Gasteiger partial charge in [-0.25, -0.2) is 0 Å². The molecule has 0 radical (unpaired) electrons. The first-order chi connectivity index (χ1) is 10.1. The maximum atomic E-state index is 9.50. The molecule has 7 heteroatoms. The summed E-state index contributed by atoms with van der Waals surface area (Å²) in [4.78, 5) is 4.25. The van der Waals surface area contributed by atoms with Crippen molar-refractivity contribution >= 4 is 21.6 Å². The topological polar surface area (TPSA) is 105 Å². The lowest BCUT2D eigenvalue weighted by atomic mass is 10.1. The van der Waals surface area contributed by atoms with E-state index in [-0.39, 0.29) is 17.4 Å². The number of para-hydroxylation sites is 1. The summed E-state index contributed by atoms with van der Waals surface area (Å²) in [6.07, 6.45) is 0. The van der Waals surface area contributed by atoms with E-state index in [9.17, 15) is 10.2 Å². The zero-order valence-corrected chi connectivity index (χ0v) is 12.2. The molecule has 0 atom stereocenters. The molecule has 106 valence electrons. The highest BCUT2D eigenvalue weighted by Crippen LogP contribution is 2.33. The molecule has 0 saturated heterocycles. The highest BCUT2D eigenvalue weighted by molar-refractivity contribution is 9.10. The van der Waals surface area contributed by atoms with Crippen molar-refractivity contribution in [2.75, 3.05) is 5.73 Å². The molecule has 21 heavy (non-hydrogen) atoms. The SMILES string of the molecule is Nc1c(Br)cccc1-c1nc(-c2ccc(O)c(O)c2)no1. The van der Waals surface area contributed by atoms with Crippen molar-refractivity contribution < 1.29 is 14.7 Å². The van der Waals surface area contributed by atoms with E-state index >= 15 is 0 Å². The van der Waals surface area contributed by atoms with E-state index in [1.165, 1.54) is 12.1 Å². The Balaban J connectivity index is 2.03. The number of benzene rings is 2. The van der Waals surface area contributed by atoms with Crippen LogP contribution >= 0.6 is 15.9 Å². The fourth-order valence-corrected chi connectivity index (χ4v) is 2.20. The molecule has 6 nitrogen and oxygen atoms in total. The molecule has 4 N–H and O–H groups in total. The molecule has 0 aliphatic heterocycles. The first-order valence-electron chi connectivity index (χ1n) is 5.96. The molecule has 0 aliphatic rings. The summed E-state index contributed by atoms with van der Waals surface area (Å²) in [5.41, 5.74) is 7.60. The third-order valence-corrected chi connectivity index (χ3v) is 3.63. The zero-order valence-electron chi connectivity index (χ0n) is 10.6. The number of aromatic hydroxyl groups is 2. The highest BCUT2D eigenvalue weighted by Gasteiger charge is 2.15. The molecule has 1 heterocycles. The second-order valence-electron chi connectivity index (χ2n) is 4.33. The van der Waals surface area contributed by atoms with Crippen LogP contribution in [0.2, 0.25) is 0 Å².